The molecule has 1 aliphatic rings. The van der Waals surface area contributed by atoms with Crippen LogP contribution in [-0.2, 0) is 10.0 Å². The van der Waals surface area contributed by atoms with Gasteiger partial charge in [0.15, 0.2) is 0 Å². The zero-order valence-corrected chi connectivity index (χ0v) is 10.5. The zero-order chi connectivity index (χ0) is 11.5. The molecule has 0 aromatic carbocycles. The lowest BCUT2D eigenvalue weighted by atomic mass is 10.1. The van der Waals surface area contributed by atoms with Gasteiger partial charge in [0.25, 0.3) is 10.0 Å². The van der Waals surface area contributed by atoms with Gasteiger partial charge in [-0.3, -0.25) is 0 Å². The quantitative estimate of drug-likeness (QED) is 0.642. The molecule has 1 fully saturated rings. The van der Waals surface area contributed by atoms with Gasteiger partial charge in [0.1, 0.15) is 0 Å². The Morgan fingerprint density at radius 1 is 1.20 bits per heavy atom. The monoisotopic (exact) mass is 305 g/mol. The molecule has 1 aliphatic carbocycles. The largest absolute Gasteiger partial charge is 0.350 e. The summed E-state index contributed by atoms with van der Waals surface area (Å²) in [5, 5.41) is 0. The highest BCUT2D eigenvalue weighted by molar-refractivity contribution is 9.09. The molecule has 0 spiro atoms. The maximum Gasteiger partial charge on any atom is 0.350 e. The molecule has 7 heteroatoms. The summed E-state index contributed by atoms with van der Waals surface area (Å²) in [6.07, 6.45) is 4.33. The number of hydrogen-bond acceptors (Lipinski definition) is 2. The van der Waals surface area contributed by atoms with E-state index >= 15 is 0 Å². The Kier molecular flexibility index (Phi) is 4.92. The van der Waals surface area contributed by atoms with E-state index in [-0.39, 0.29) is 4.83 Å². The fraction of sp³-hybridized carbons (Fsp3) is 1.00. The van der Waals surface area contributed by atoms with Crippen LogP contribution in [0, 0.1) is 0 Å². The number of sulfonamides is 1. The number of nitrogens with one attached hydrogen (secondary N) is 1. The Morgan fingerprint density at radius 2 is 1.80 bits per heavy atom. The van der Waals surface area contributed by atoms with Gasteiger partial charge in [-0.2, -0.15) is 8.78 Å². The van der Waals surface area contributed by atoms with E-state index in [2.05, 4.69) is 20.7 Å². The van der Waals surface area contributed by atoms with Crippen molar-refractivity contribution >= 4 is 26.0 Å². The highest BCUT2D eigenvalue weighted by Crippen LogP contribution is 2.24. The van der Waals surface area contributed by atoms with Gasteiger partial charge < -0.3 is 0 Å². The smallest absolute Gasteiger partial charge is 0.206 e. The highest BCUT2D eigenvalue weighted by Gasteiger charge is 2.31. The lowest BCUT2D eigenvalue weighted by Crippen LogP contribution is -2.42. The maximum atomic E-state index is 12.1. The number of hydrogen-bond donors (Lipinski definition) is 1. The second kappa shape index (κ2) is 5.54. The molecule has 1 rings (SSSR count). The summed E-state index contributed by atoms with van der Waals surface area (Å²) in [6, 6.07) is -0.411. The van der Waals surface area contributed by atoms with E-state index in [1.807, 2.05) is 0 Å². The molecule has 2 unspecified atom stereocenters. The molecular weight excluding hydrogens is 292 g/mol. The molecule has 15 heavy (non-hydrogen) atoms. The van der Waals surface area contributed by atoms with E-state index in [4.69, 9.17) is 0 Å². The van der Waals surface area contributed by atoms with Crippen LogP contribution < -0.4 is 4.72 Å². The molecule has 0 saturated heterocycles. The molecular formula is C8H14BrF2NO2S. The van der Waals surface area contributed by atoms with Gasteiger partial charge in [0, 0.05) is 10.9 Å². The molecule has 1 N–H and O–H groups in total. The lowest BCUT2D eigenvalue weighted by molar-refractivity contribution is 0.231. The average Bonchev–Trinajstić information content (AvgIpc) is 2.31. The van der Waals surface area contributed by atoms with E-state index in [1.54, 1.807) is 0 Å². The predicted octanol–water partition coefficient (Wildman–Crippen LogP) is 2.22. The summed E-state index contributed by atoms with van der Waals surface area (Å²) < 4.78 is 48.3. The standard InChI is InChI=1S/C8H14BrF2NO2S/c9-6-4-2-1-3-5-7(6)12-15(13,14)8(10)11/h6-8,12H,1-5H2. The fourth-order valence-electron chi connectivity index (χ4n) is 1.66. The first kappa shape index (κ1) is 13.3. The minimum absolute atomic E-state index is 0.0477. The van der Waals surface area contributed by atoms with Crippen LogP contribution in [0.3, 0.4) is 0 Å². The van der Waals surface area contributed by atoms with Gasteiger partial charge in [0.2, 0.25) is 0 Å². The summed E-state index contributed by atoms with van der Waals surface area (Å²) in [7, 11) is -4.46. The molecule has 0 heterocycles. The Morgan fingerprint density at radius 3 is 2.40 bits per heavy atom. The van der Waals surface area contributed by atoms with Crippen molar-refractivity contribution in [1.29, 1.82) is 0 Å². The summed E-state index contributed by atoms with van der Waals surface area (Å²) >= 11 is 3.33. The van der Waals surface area contributed by atoms with Gasteiger partial charge in [-0.15, -0.1) is 0 Å². The number of rotatable bonds is 3. The summed E-state index contributed by atoms with van der Waals surface area (Å²) in [4.78, 5) is -0.0477. The average molecular weight is 306 g/mol. The van der Waals surface area contributed by atoms with Crippen molar-refractivity contribution in [3.63, 3.8) is 0 Å². The molecule has 0 aliphatic heterocycles. The third kappa shape index (κ3) is 3.96. The topological polar surface area (TPSA) is 46.2 Å². The Bertz CT molecular complexity index is 297. The molecule has 90 valence electrons. The normalized spacial score (nSPS) is 29.1. The van der Waals surface area contributed by atoms with Crippen molar-refractivity contribution in [2.75, 3.05) is 0 Å². The van der Waals surface area contributed by atoms with Crippen LogP contribution >= 0.6 is 15.9 Å². The van der Waals surface area contributed by atoms with E-state index in [0.29, 0.717) is 6.42 Å². The molecule has 0 radical (unpaired) electrons. The van der Waals surface area contributed by atoms with Gasteiger partial charge in [-0.05, 0) is 12.8 Å². The van der Waals surface area contributed by atoms with Crippen molar-refractivity contribution in [3.8, 4) is 0 Å². The Balaban J connectivity index is 2.63. The third-order valence-corrected chi connectivity index (χ3v) is 4.68. The minimum Gasteiger partial charge on any atom is -0.206 e. The fourth-order valence-corrected chi connectivity index (χ4v) is 3.36. The van der Waals surface area contributed by atoms with E-state index in [1.165, 1.54) is 0 Å². The van der Waals surface area contributed by atoms with Gasteiger partial charge >= 0.3 is 5.76 Å². The van der Waals surface area contributed by atoms with E-state index in [0.717, 1.165) is 25.7 Å². The summed E-state index contributed by atoms with van der Waals surface area (Å²) in [5.41, 5.74) is 0. The molecule has 0 aromatic rings. The minimum atomic E-state index is -4.46. The number of alkyl halides is 3. The van der Waals surface area contributed by atoms with Crippen molar-refractivity contribution in [3.05, 3.63) is 0 Å². The van der Waals surface area contributed by atoms with Gasteiger partial charge in [0.05, 0.1) is 0 Å². The van der Waals surface area contributed by atoms with Crippen molar-refractivity contribution in [2.24, 2.45) is 0 Å². The van der Waals surface area contributed by atoms with Gasteiger partial charge in [-0.25, -0.2) is 13.1 Å². The van der Waals surface area contributed by atoms with E-state index in [9.17, 15) is 17.2 Å². The second-order valence-corrected chi connectivity index (χ2v) is 6.54. The molecule has 0 aromatic heterocycles. The first-order valence-corrected chi connectivity index (χ1v) is 7.33. The van der Waals surface area contributed by atoms with Crippen LogP contribution in [0.2, 0.25) is 0 Å². The highest BCUT2D eigenvalue weighted by atomic mass is 79.9. The maximum absolute atomic E-state index is 12.1. The van der Waals surface area contributed by atoms with Crippen LogP contribution in [0.1, 0.15) is 32.1 Å². The van der Waals surface area contributed by atoms with Crippen LogP contribution in [-0.4, -0.2) is 25.0 Å². The van der Waals surface area contributed by atoms with Crippen LogP contribution in [0.25, 0.3) is 0 Å². The van der Waals surface area contributed by atoms with E-state index < -0.39 is 21.8 Å². The van der Waals surface area contributed by atoms with Gasteiger partial charge in [-0.1, -0.05) is 35.2 Å². The van der Waals surface area contributed by atoms with Crippen LogP contribution in [0.15, 0.2) is 0 Å². The van der Waals surface area contributed by atoms with Crippen molar-refractivity contribution in [1.82, 2.24) is 4.72 Å². The zero-order valence-electron chi connectivity index (χ0n) is 8.13. The van der Waals surface area contributed by atoms with Crippen molar-refractivity contribution in [2.45, 2.75) is 48.7 Å². The van der Waals surface area contributed by atoms with Crippen molar-refractivity contribution < 1.29 is 17.2 Å². The third-order valence-electron chi connectivity index (χ3n) is 2.48. The van der Waals surface area contributed by atoms with Crippen LogP contribution in [0.4, 0.5) is 8.78 Å². The predicted molar refractivity (Wildman–Crippen MR) is 57.6 cm³/mol. The number of halogens is 3. The summed E-state index contributed by atoms with van der Waals surface area (Å²) in [6.45, 7) is 0. The lowest BCUT2D eigenvalue weighted by Gasteiger charge is -2.20. The molecule has 3 nitrogen and oxygen atoms in total. The Hall–Kier alpha value is 0.250. The summed E-state index contributed by atoms with van der Waals surface area (Å²) in [5.74, 6) is -3.35. The first-order valence-electron chi connectivity index (χ1n) is 4.87. The SMILES string of the molecule is O=S(=O)(NC1CCCCCC1Br)C(F)F. The molecule has 2 atom stereocenters. The first-order chi connectivity index (χ1) is 6.93. The Labute approximate surface area is 96.8 Å². The van der Waals surface area contributed by atoms with Crippen LogP contribution in [0.5, 0.6) is 0 Å². The molecule has 0 amide bonds. The molecule has 1 saturated carbocycles. The molecule has 0 bridgehead atoms. The second-order valence-electron chi connectivity index (χ2n) is 3.68.